The standard InChI is InChI=1S/C13H18BrF2O3P/c1-3-18-20(17,19-4-2)13(15,16)9-11-5-7-12(10-14)8-6-11/h5-8H,3-4,9-10H2,1-2H3. The summed E-state index contributed by atoms with van der Waals surface area (Å²) in [5.41, 5.74) is -2.18. The summed E-state index contributed by atoms with van der Waals surface area (Å²) in [4.78, 5) is 0. The van der Waals surface area contributed by atoms with Crippen LogP contribution in [-0.4, -0.2) is 18.9 Å². The summed E-state index contributed by atoms with van der Waals surface area (Å²) in [5.74, 6) is 0. The van der Waals surface area contributed by atoms with Crippen molar-refractivity contribution in [2.75, 3.05) is 13.2 Å². The predicted octanol–water partition coefficient (Wildman–Crippen LogP) is 4.98. The first kappa shape index (κ1) is 17.8. The van der Waals surface area contributed by atoms with Gasteiger partial charge in [0.2, 0.25) is 0 Å². The van der Waals surface area contributed by atoms with E-state index in [4.69, 9.17) is 9.05 Å². The van der Waals surface area contributed by atoms with Crippen molar-refractivity contribution >= 4 is 23.5 Å². The van der Waals surface area contributed by atoms with Gasteiger partial charge in [-0.05, 0) is 25.0 Å². The van der Waals surface area contributed by atoms with Crippen LogP contribution in [-0.2, 0) is 25.4 Å². The molecule has 0 amide bonds. The highest BCUT2D eigenvalue weighted by atomic mass is 79.9. The van der Waals surface area contributed by atoms with E-state index in [-0.39, 0.29) is 13.2 Å². The van der Waals surface area contributed by atoms with Crippen molar-refractivity contribution in [3.8, 4) is 0 Å². The maximum atomic E-state index is 14.2. The number of alkyl halides is 3. The maximum Gasteiger partial charge on any atom is 0.399 e. The molecule has 0 radical (unpaired) electrons. The Balaban J connectivity index is 2.92. The molecule has 0 aliphatic heterocycles. The molecule has 0 unspecified atom stereocenters. The van der Waals surface area contributed by atoms with Crippen LogP contribution in [0.25, 0.3) is 0 Å². The molecular formula is C13H18BrF2O3P. The van der Waals surface area contributed by atoms with Gasteiger partial charge in [-0.2, -0.15) is 8.78 Å². The molecule has 0 saturated heterocycles. The van der Waals surface area contributed by atoms with Gasteiger partial charge in [-0.1, -0.05) is 40.2 Å². The van der Waals surface area contributed by atoms with E-state index in [0.29, 0.717) is 10.9 Å². The monoisotopic (exact) mass is 370 g/mol. The largest absolute Gasteiger partial charge is 0.399 e. The number of benzene rings is 1. The van der Waals surface area contributed by atoms with E-state index >= 15 is 0 Å². The highest BCUT2D eigenvalue weighted by Gasteiger charge is 2.53. The zero-order valence-electron chi connectivity index (χ0n) is 11.4. The van der Waals surface area contributed by atoms with Gasteiger partial charge >= 0.3 is 13.3 Å². The lowest BCUT2D eigenvalue weighted by molar-refractivity contribution is 0.0393. The molecule has 0 N–H and O–H groups in total. The molecule has 114 valence electrons. The molecule has 0 atom stereocenters. The Morgan fingerprint density at radius 2 is 1.55 bits per heavy atom. The van der Waals surface area contributed by atoms with Crippen molar-refractivity contribution in [2.45, 2.75) is 31.3 Å². The summed E-state index contributed by atoms with van der Waals surface area (Å²) in [5, 5.41) is 0.653. The molecule has 0 spiro atoms. The topological polar surface area (TPSA) is 35.5 Å². The normalized spacial score (nSPS) is 12.7. The van der Waals surface area contributed by atoms with Crippen LogP contribution in [0.15, 0.2) is 24.3 Å². The average molecular weight is 371 g/mol. The minimum Gasteiger partial charge on any atom is -0.305 e. The molecule has 0 aliphatic carbocycles. The van der Waals surface area contributed by atoms with Gasteiger partial charge in [0.05, 0.1) is 13.2 Å². The molecule has 0 aliphatic rings. The van der Waals surface area contributed by atoms with E-state index in [9.17, 15) is 13.3 Å². The van der Waals surface area contributed by atoms with Gasteiger partial charge < -0.3 is 9.05 Å². The molecule has 1 aromatic rings. The highest BCUT2D eigenvalue weighted by Crippen LogP contribution is 2.62. The quantitative estimate of drug-likeness (QED) is 0.478. The lowest BCUT2D eigenvalue weighted by Crippen LogP contribution is -2.23. The molecule has 20 heavy (non-hydrogen) atoms. The Hall–Kier alpha value is -0.290. The first-order chi connectivity index (χ1) is 9.38. The third-order valence-electron chi connectivity index (χ3n) is 2.59. The first-order valence-electron chi connectivity index (χ1n) is 6.29. The second-order valence-corrected chi connectivity index (χ2v) is 6.85. The zero-order valence-corrected chi connectivity index (χ0v) is 13.9. The van der Waals surface area contributed by atoms with Gasteiger partial charge in [-0.25, -0.2) is 0 Å². The Bertz CT molecular complexity index is 455. The summed E-state index contributed by atoms with van der Waals surface area (Å²) >= 11 is 3.28. The van der Waals surface area contributed by atoms with Crippen LogP contribution in [0, 0.1) is 0 Å². The third kappa shape index (κ3) is 4.35. The number of hydrogen-bond donors (Lipinski definition) is 0. The summed E-state index contributed by atoms with van der Waals surface area (Å²) in [7, 11) is -4.45. The lowest BCUT2D eigenvalue weighted by Gasteiger charge is -2.25. The van der Waals surface area contributed by atoms with Crippen molar-refractivity contribution in [1.29, 1.82) is 0 Å². The average Bonchev–Trinajstić information content (AvgIpc) is 2.39. The second kappa shape index (κ2) is 7.64. The van der Waals surface area contributed by atoms with Crippen molar-refractivity contribution in [3.63, 3.8) is 0 Å². The van der Waals surface area contributed by atoms with Gasteiger partial charge in [0.25, 0.3) is 0 Å². The summed E-state index contributed by atoms with van der Waals surface area (Å²) in [6.07, 6.45) is -0.674. The summed E-state index contributed by atoms with van der Waals surface area (Å²) in [6, 6.07) is 6.67. The molecule has 0 aromatic heterocycles. The highest BCUT2D eigenvalue weighted by molar-refractivity contribution is 9.08. The van der Waals surface area contributed by atoms with Crippen LogP contribution in [0.1, 0.15) is 25.0 Å². The van der Waals surface area contributed by atoms with Crippen molar-refractivity contribution in [1.82, 2.24) is 0 Å². The smallest absolute Gasteiger partial charge is 0.305 e. The Labute approximate surface area is 126 Å². The summed E-state index contributed by atoms with van der Waals surface area (Å²) < 4.78 is 50.0. The fraction of sp³-hybridized carbons (Fsp3) is 0.538. The maximum absolute atomic E-state index is 14.2. The van der Waals surface area contributed by atoms with E-state index in [2.05, 4.69) is 15.9 Å². The lowest BCUT2D eigenvalue weighted by atomic mass is 10.1. The Morgan fingerprint density at radius 3 is 1.95 bits per heavy atom. The van der Waals surface area contributed by atoms with Gasteiger partial charge in [0.15, 0.2) is 0 Å². The van der Waals surface area contributed by atoms with Crippen LogP contribution in [0.5, 0.6) is 0 Å². The SMILES string of the molecule is CCOP(=O)(OCC)C(F)(F)Cc1ccc(CBr)cc1. The van der Waals surface area contributed by atoms with Crippen LogP contribution in [0.2, 0.25) is 0 Å². The van der Waals surface area contributed by atoms with Gasteiger partial charge in [0, 0.05) is 11.8 Å². The molecule has 3 nitrogen and oxygen atoms in total. The first-order valence-corrected chi connectivity index (χ1v) is 8.95. The molecule has 1 aromatic carbocycles. The molecule has 0 saturated carbocycles. The molecule has 7 heteroatoms. The van der Waals surface area contributed by atoms with Gasteiger partial charge in [-0.15, -0.1) is 0 Å². The van der Waals surface area contributed by atoms with Crippen molar-refractivity contribution < 1.29 is 22.4 Å². The minimum absolute atomic E-state index is 0.0879. The zero-order chi connectivity index (χ0) is 15.2. The van der Waals surface area contributed by atoms with Crippen LogP contribution >= 0.6 is 23.5 Å². The number of halogens is 3. The summed E-state index contributed by atoms with van der Waals surface area (Å²) in [6.45, 7) is 2.84. The molecule has 0 heterocycles. The van der Waals surface area contributed by atoms with Crippen LogP contribution in [0.4, 0.5) is 8.78 Å². The molecule has 0 fully saturated rings. The third-order valence-corrected chi connectivity index (χ3v) is 5.40. The van der Waals surface area contributed by atoms with E-state index in [1.807, 2.05) is 0 Å². The van der Waals surface area contributed by atoms with Crippen molar-refractivity contribution in [2.24, 2.45) is 0 Å². The number of rotatable bonds is 8. The minimum atomic E-state index is -4.45. The van der Waals surface area contributed by atoms with Crippen LogP contribution in [0.3, 0.4) is 0 Å². The van der Waals surface area contributed by atoms with E-state index in [1.54, 1.807) is 24.3 Å². The van der Waals surface area contributed by atoms with E-state index in [0.717, 1.165) is 5.56 Å². The Kier molecular flexibility index (Phi) is 6.79. The Morgan fingerprint density at radius 1 is 1.10 bits per heavy atom. The second-order valence-electron chi connectivity index (χ2n) is 4.13. The number of hydrogen-bond acceptors (Lipinski definition) is 3. The van der Waals surface area contributed by atoms with Crippen LogP contribution < -0.4 is 0 Å². The fourth-order valence-corrected chi connectivity index (χ4v) is 3.54. The molecule has 1 rings (SSSR count). The predicted molar refractivity (Wildman–Crippen MR) is 78.6 cm³/mol. The van der Waals surface area contributed by atoms with E-state index in [1.165, 1.54) is 13.8 Å². The molecule has 0 bridgehead atoms. The van der Waals surface area contributed by atoms with E-state index < -0.39 is 19.7 Å². The van der Waals surface area contributed by atoms with Crippen molar-refractivity contribution in [3.05, 3.63) is 35.4 Å². The van der Waals surface area contributed by atoms with Gasteiger partial charge in [-0.3, -0.25) is 4.57 Å². The fourth-order valence-electron chi connectivity index (χ4n) is 1.65. The van der Waals surface area contributed by atoms with Gasteiger partial charge in [0.1, 0.15) is 0 Å². The molecular weight excluding hydrogens is 353 g/mol.